The van der Waals surface area contributed by atoms with Crippen molar-refractivity contribution in [2.75, 3.05) is 18.1 Å². The standard InChI is InChI=1S/C20H16F3N3O2S2/c1-24-15(27)11-29-19-25-16(12-6-3-2-4-7-12)18(30-19)26-17(28)13-8-5-9-14(10-13)20(21,22)23/h2-10H,11H2,1H3,(H,24,27)(H,26,28). The fourth-order valence-corrected chi connectivity index (χ4v) is 4.38. The first kappa shape index (κ1) is 21.8. The van der Waals surface area contributed by atoms with Gasteiger partial charge in [0.2, 0.25) is 5.91 Å². The summed E-state index contributed by atoms with van der Waals surface area (Å²) in [5.41, 5.74) is 0.210. The first-order valence-corrected chi connectivity index (χ1v) is 10.5. The molecule has 0 saturated carbocycles. The average Bonchev–Trinajstić information content (AvgIpc) is 3.14. The number of amides is 2. The molecule has 0 atom stereocenters. The highest BCUT2D eigenvalue weighted by molar-refractivity contribution is 8.01. The van der Waals surface area contributed by atoms with Gasteiger partial charge in [0.15, 0.2) is 4.34 Å². The number of carbonyl (C=O) groups excluding carboxylic acids is 2. The number of alkyl halides is 3. The highest BCUT2D eigenvalue weighted by atomic mass is 32.2. The van der Waals surface area contributed by atoms with Crippen molar-refractivity contribution < 1.29 is 22.8 Å². The summed E-state index contributed by atoms with van der Waals surface area (Å²) >= 11 is 2.36. The van der Waals surface area contributed by atoms with Crippen LogP contribution in [-0.2, 0) is 11.0 Å². The zero-order chi connectivity index (χ0) is 21.7. The van der Waals surface area contributed by atoms with Crippen LogP contribution in [-0.4, -0.2) is 29.6 Å². The van der Waals surface area contributed by atoms with Gasteiger partial charge < -0.3 is 10.6 Å². The fraction of sp³-hybridized carbons (Fsp3) is 0.150. The molecule has 0 aliphatic heterocycles. The number of nitrogens with one attached hydrogen (secondary N) is 2. The second-order valence-corrected chi connectivity index (χ2v) is 8.24. The van der Waals surface area contributed by atoms with Crippen LogP contribution >= 0.6 is 23.1 Å². The molecule has 5 nitrogen and oxygen atoms in total. The molecule has 1 aromatic heterocycles. The largest absolute Gasteiger partial charge is 0.416 e. The Labute approximate surface area is 178 Å². The summed E-state index contributed by atoms with van der Waals surface area (Å²) in [6.07, 6.45) is -4.54. The molecule has 2 aromatic carbocycles. The maximum Gasteiger partial charge on any atom is 0.416 e. The molecule has 156 valence electrons. The number of thiazole rings is 1. The van der Waals surface area contributed by atoms with Crippen molar-refractivity contribution in [1.82, 2.24) is 10.3 Å². The molecule has 3 aromatic rings. The quantitative estimate of drug-likeness (QED) is 0.522. The van der Waals surface area contributed by atoms with E-state index >= 15 is 0 Å². The van der Waals surface area contributed by atoms with E-state index in [0.717, 1.165) is 29.0 Å². The average molecular weight is 451 g/mol. The smallest absolute Gasteiger partial charge is 0.358 e. The maximum absolute atomic E-state index is 13.0. The van der Waals surface area contributed by atoms with Crippen LogP contribution in [0.3, 0.4) is 0 Å². The Bertz CT molecular complexity index is 1050. The SMILES string of the molecule is CNC(=O)CSc1nc(-c2ccccc2)c(NC(=O)c2cccc(C(F)(F)F)c2)s1. The lowest BCUT2D eigenvalue weighted by Crippen LogP contribution is -2.19. The molecule has 0 bridgehead atoms. The molecule has 0 saturated heterocycles. The van der Waals surface area contributed by atoms with Crippen molar-refractivity contribution >= 4 is 39.9 Å². The lowest BCUT2D eigenvalue weighted by atomic mass is 10.1. The lowest BCUT2D eigenvalue weighted by Gasteiger charge is -2.09. The Kier molecular flexibility index (Phi) is 6.78. The van der Waals surface area contributed by atoms with E-state index in [1.165, 1.54) is 30.9 Å². The molecule has 0 aliphatic carbocycles. The second-order valence-electron chi connectivity index (χ2n) is 6.02. The van der Waals surface area contributed by atoms with Crippen LogP contribution in [0.2, 0.25) is 0 Å². The number of carbonyl (C=O) groups is 2. The van der Waals surface area contributed by atoms with Crippen LogP contribution in [0.4, 0.5) is 18.2 Å². The first-order valence-electron chi connectivity index (χ1n) is 8.66. The van der Waals surface area contributed by atoms with E-state index in [-0.39, 0.29) is 17.2 Å². The van der Waals surface area contributed by atoms with E-state index in [9.17, 15) is 22.8 Å². The van der Waals surface area contributed by atoms with E-state index < -0.39 is 17.6 Å². The summed E-state index contributed by atoms with van der Waals surface area (Å²) in [5, 5.41) is 5.57. The lowest BCUT2D eigenvalue weighted by molar-refractivity contribution is -0.137. The van der Waals surface area contributed by atoms with Crippen molar-refractivity contribution in [1.29, 1.82) is 0 Å². The third kappa shape index (κ3) is 5.39. The van der Waals surface area contributed by atoms with Gasteiger partial charge in [0.1, 0.15) is 10.7 Å². The number of hydrogen-bond donors (Lipinski definition) is 2. The highest BCUT2D eigenvalue weighted by Gasteiger charge is 2.31. The van der Waals surface area contributed by atoms with Crippen LogP contribution in [0.1, 0.15) is 15.9 Å². The Hall–Kier alpha value is -2.85. The van der Waals surface area contributed by atoms with Crippen LogP contribution in [0.5, 0.6) is 0 Å². The van der Waals surface area contributed by atoms with Crippen LogP contribution in [0.15, 0.2) is 58.9 Å². The molecule has 0 aliphatic rings. The van der Waals surface area contributed by atoms with Gasteiger partial charge in [-0.15, -0.1) is 0 Å². The Morgan fingerprint density at radius 3 is 2.50 bits per heavy atom. The number of thioether (sulfide) groups is 1. The molecule has 0 fully saturated rings. The summed E-state index contributed by atoms with van der Waals surface area (Å²) < 4.78 is 39.4. The number of nitrogens with zero attached hydrogens (tertiary/aromatic N) is 1. The molecule has 0 radical (unpaired) electrons. The Morgan fingerprint density at radius 2 is 1.83 bits per heavy atom. The number of rotatable bonds is 6. The molecule has 1 heterocycles. The van der Waals surface area contributed by atoms with Gasteiger partial charge in [0, 0.05) is 18.2 Å². The summed E-state index contributed by atoms with van der Waals surface area (Å²) in [5.74, 6) is -0.699. The molecular weight excluding hydrogens is 435 g/mol. The van der Waals surface area contributed by atoms with Crippen molar-refractivity contribution in [3.63, 3.8) is 0 Å². The summed E-state index contributed by atoms with van der Waals surface area (Å²) in [4.78, 5) is 28.6. The van der Waals surface area contributed by atoms with E-state index in [4.69, 9.17) is 0 Å². The second kappa shape index (κ2) is 9.31. The van der Waals surface area contributed by atoms with E-state index in [1.54, 1.807) is 0 Å². The van der Waals surface area contributed by atoms with Gasteiger partial charge in [-0.2, -0.15) is 13.2 Å². The Balaban J connectivity index is 1.89. The molecule has 2 N–H and O–H groups in total. The van der Waals surface area contributed by atoms with Crippen LogP contribution in [0.25, 0.3) is 11.3 Å². The number of aromatic nitrogens is 1. The maximum atomic E-state index is 13.0. The summed E-state index contributed by atoms with van der Waals surface area (Å²) in [7, 11) is 1.53. The summed E-state index contributed by atoms with van der Waals surface area (Å²) in [6.45, 7) is 0. The molecular formula is C20H16F3N3O2S2. The van der Waals surface area contributed by atoms with Gasteiger partial charge in [-0.25, -0.2) is 4.98 Å². The van der Waals surface area contributed by atoms with Gasteiger partial charge in [-0.05, 0) is 18.2 Å². The number of hydrogen-bond acceptors (Lipinski definition) is 5. The minimum atomic E-state index is -4.54. The van der Waals surface area contributed by atoms with Crippen molar-refractivity contribution in [2.45, 2.75) is 10.5 Å². The van der Waals surface area contributed by atoms with Gasteiger partial charge in [0.25, 0.3) is 5.91 Å². The molecule has 10 heteroatoms. The van der Waals surface area contributed by atoms with Crippen molar-refractivity contribution in [3.8, 4) is 11.3 Å². The monoisotopic (exact) mass is 451 g/mol. The van der Waals surface area contributed by atoms with E-state index in [0.29, 0.717) is 15.0 Å². The topological polar surface area (TPSA) is 71.1 Å². The van der Waals surface area contributed by atoms with Crippen molar-refractivity contribution in [3.05, 3.63) is 65.7 Å². The number of anilines is 1. The first-order chi connectivity index (χ1) is 14.3. The van der Waals surface area contributed by atoms with Gasteiger partial charge in [-0.3, -0.25) is 9.59 Å². The van der Waals surface area contributed by atoms with E-state index in [2.05, 4.69) is 15.6 Å². The van der Waals surface area contributed by atoms with Gasteiger partial charge in [-0.1, -0.05) is 59.5 Å². The number of halogens is 3. The van der Waals surface area contributed by atoms with Crippen LogP contribution < -0.4 is 10.6 Å². The minimum Gasteiger partial charge on any atom is -0.358 e. The third-order valence-electron chi connectivity index (χ3n) is 3.94. The predicted molar refractivity (Wildman–Crippen MR) is 112 cm³/mol. The zero-order valence-corrected chi connectivity index (χ0v) is 17.3. The minimum absolute atomic E-state index is 0.114. The molecule has 30 heavy (non-hydrogen) atoms. The molecule has 0 spiro atoms. The zero-order valence-electron chi connectivity index (χ0n) is 15.6. The predicted octanol–water partition coefficient (Wildman–Crippen LogP) is 4.92. The fourth-order valence-electron chi connectivity index (χ4n) is 2.45. The van der Waals surface area contributed by atoms with E-state index in [1.807, 2.05) is 30.3 Å². The van der Waals surface area contributed by atoms with Gasteiger partial charge in [0.05, 0.1) is 11.3 Å². The van der Waals surface area contributed by atoms with Crippen molar-refractivity contribution in [2.24, 2.45) is 0 Å². The third-order valence-corrected chi connectivity index (χ3v) is 6.05. The molecule has 0 unspecified atom stereocenters. The molecule has 2 amide bonds. The van der Waals surface area contributed by atoms with Gasteiger partial charge >= 0.3 is 6.18 Å². The normalized spacial score (nSPS) is 11.2. The summed E-state index contributed by atoms with van der Waals surface area (Å²) in [6, 6.07) is 13.3. The number of benzene rings is 2. The highest BCUT2D eigenvalue weighted by Crippen LogP contribution is 2.38. The van der Waals surface area contributed by atoms with Crippen LogP contribution in [0, 0.1) is 0 Å². The Morgan fingerprint density at radius 1 is 1.10 bits per heavy atom. The molecule has 3 rings (SSSR count).